The fourth-order valence-electron chi connectivity index (χ4n) is 5.18. The van der Waals surface area contributed by atoms with Crippen molar-refractivity contribution < 1.29 is 10.2 Å². The van der Waals surface area contributed by atoms with Crippen molar-refractivity contribution >= 4 is 23.2 Å². The molecule has 0 radical (unpaired) electrons. The average Bonchev–Trinajstić information content (AvgIpc) is 3.02. The number of aliphatic hydroxyl groups excluding tert-OH is 2. The topological polar surface area (TPSA) is 90.5 Å². The predicted octanol–water partition coefficient (Wildman–Crippen LogP) is 3.71. The van der Waals surface area contributed by atoms with Crippen LogP contribution in [0.3, 0.4) is 0 Å². The molecule has 0 amide bonds. The molecule has 0 saturated carbocycles. The molecule has 0 spiro atoms. The van der Waals surface area contributed by atoms with Crippen molar-refractivity contribution in [3.63, 3.8) is 0 Å². The van der Waals surface area contributed by atoms with E-state index in [9.17, 15) is 5.11 Å². The summed E-state index contributed by atoms with van der Waals surface area (Å²) in [4.78, 5) is 0. The van der Waals surface area contributed by atoms with E-state index in [4.69, 9.17) is 34.0 Å². The zero-order valence-corrected chi connectivity index (χ0v) is 21.4. The standard InChI is InChI=1S/C26H39Cl2N3O2/c1-25(2,3)14-23-26(29,18-7-9-19(27)10-8-18)24(17-5-4-6-20(28)13-17)22(31-23)15-30-12-11-21(33)16-32/h4-5,7-10,13,20-24,30-33H,6,11-12,14-16,29H2,1-3H3. The summed E-state index contributed by atoms with van der Waals surface area (Å²) in [6.07, 6.45) is 7.96. The highest BCUT2D eigenvalue weighted by Gasteiger charge is 2.54. The molecule has 1 aliphatic heterocycles. The summed E-state index contributed by atoms with van der Waals surface area (Å²) < 4.78 is 0. The lowest BCUT2D eigenvalue weighted by atomic mass is 9.68. The maximum absolute atomic E-state index is 9.69. The van der Waals surface area contributed by atoms with Crippen LogP contribution in [0.25, 0.3) is 0 Å². The molecular formula is C26H39Cl2N3O2. The molecule has 1 heterocycles. The van der Waals surface area contributed by atoms with Gasteiger partial charge in [0, 0.05) is 29.6 Å². The van der Waals surface area contributed by atoms with Gasteiger partial charge in [-0.3, -0.25) is 0 Å². The highest BCUT2D eigenvalue weighted by molar-refractivity contribution is 6.30. The van der Waals surface area contributed by atoms with E-state index in [1.807, 2.05) is 24.3 Å². The van der Waals surface area contributed by atoms with Crippen molar-refractivity contribution in [2.45, 2.75) is 69.1 Å². The summed E-state index contributed by atoms with van der Waals surface area (Å²) in [6.45, 7) is 7.79. The largest absolute Gasteiger partial charge is 0.394 e. The van der Waals surface area contributed by atoms with E-state index >= 15 is 0 Å². The zero-order chi connectivity index (χ0) is 24.2. The molecule has 5 nitrogen and oxygen atoms in total. The van der Waals surface area contributed by atoms with Crippen LogP contribution in [0, 0.1) is 11.3 Å². The Kier molecular flexibility index (Phi) is 9.07. The van der Waals surface area contributed by atoms with Crippen molar-refractivity contribution in [1.82, 2.24) is 10.6 Å². The van der Waals surface area contributed by atoms with Gasteiger partial charge in [0.15, 0.2) is 0 Å². The van der Waals surface area contributed by atoms with Gasteiger partial charge in [-0.1, -0.05) is 62.7 Å². The fourth-order valence-corrected chi connectivity index (χ4v) is 5.55. The minimum absolute atomic E-state index is 0.000842. The van der Waals surface area contributed by atoms with Gasteiger partial charge in [0.05, 0.1) is 23.6 Å². The Balaban J connectivity index is 1.98. The molecule has 6 unspecified atom stereocenters. The molecular weight excluding hydrogens is 457 g/mol. The molecule has 2 aliphatic rings. The van der Waals surface area contributed by atoms with Gasteiger partial charge in [-0.25, -0.2) is 0 Å². The third-order valence-corrected chi connectivity index (χ3v) is 7.26. The van der Waals surface area contributed by atoms with Crippen LogP contribution in [0.4, 0.5) is 0 Å². The molecule has 1 aromatic carbocycles. The summed E-state index contributed by atoms with van der Waals surface area (Å²) in [5.74, 6) is -0.000842. The molecule has 184 valence electrons. The molecule has 0 aromatic heterocycles. The van der Waals surface area contributed by atoms with Crippen LogP contribution >= 0.6 is 23.2 Å². The number of rotatable bonds is 9. The molecule has 6 N–H and O–H groups in total. The molecule has 7 heteroatoms. The van der Waals surface area contributed by atoms with Crippen molar-refractivity contribution in [2.24, 2.45) is 17.1 Å². The smallest absolute Gasteiger partial charge is 0.0783 e. The number of benzene rings is 1. The Labute approximate surface area is 208 Å². The van der Waals surface area contributed by atoms with Gasteiger partial charge in [0.1, 0.15) is 0 Å². The highest BCUT2D eigenvalue weighted by Crippen LogP contribution is 2.47. The lowest BCUT2D eigenvalue weighted by molar-refractivity contribution is 0.0881. The second kappa shape index (κ2) is 11.2. The number of aliphatic hydroxyl groups is 2. The van der Waals surface area contributed by atoms with Crippen LogP contribution in [0.1, 0.15) is 45.6 Å². The number of allylic oxidation sites excluding steroid dienone is 3. The quantitative estimate of drug-likeness (QED) is 0.266. The monoisotopic (exact) mass is 495 g/mol. The van der Waals surface area contributed by atoms with Gasteiger partial charge in [-0.2, -0.15) is 0 Å². The van der Waals surface area contributed by atoms with E-state index in [0.717, 1.165) is 24.0 Å². The number of nitrogens with two attached hydrogens (primary N) is 1. The van der Waals surface area contributed by atoms with Crippen LogP contribution in [0.2, 0.25) is 5.02 Å². The van der Waals surface area contributed by atoms with E-state index < -0.39 is 11.6 Å². The third-order valence-electron chi connectivity index (χ3n) is 6.70. The Morgan fingerprint density at radius 1 is 1.27 bits per heavy atom. The van der Waals surface area contributed by atoms with Crippen molar-refractivity contribution in [3.8, 4) is 0 Å². The van der Waals surface area contributed by atoms with Crippen molar-refractivity contribution in [2.75, 3.05) is 19.7 Å². The van der Waals surface area contributed by atoms with Gasteiger partial charge in [0.25, 0.3) is 0 Å². The maximum Gasteiger partial charge on any atom is 0.0783 e. The zero-order valence-electron chi connectivity index (χ0n) is 19.9. The Bertz CT molecular complexity index is 837. The molecule has 1 fully saturated rings. The Hall–Kier alpha value is -0.920. The number of nitrogens with one attached hydrogen (secondary N) is 2. The SMILES string of the molecule is CC(C)(C)CC1NC(CNCCC(O)CO)C(C2=CC(Cl)CC=C2)C1(N)c1ccc(Cl)cc1. The molecule has 33 heavy (non-hydrogen) atoms. The molecule has 1 aliphatic carbocycles. The Morgan fingerprint density at radius 2 is 1.97 bits per heavy atom. The molecule has 1 aromatic rings. The predicted molar refractivity (Wildman–Crippen MR) is 138 cm³/mol. The van der Waals surface area contributed by atoms with Crippen LogP contribution in [-0.4, -0.2) is 53.5 Å². The van der Waals surface area contributed by atoms with E-state index in [1.54, 1.807) is 0 Å². The molecule has 1 saturated heterocycles. The molecule has 6 atom stereocenters. The number of halogens is 2. The summed E-state index contributed by atoms with van der Waals surface area (Å²) in [7, 11) is 0. The fraction of sp³-hybridized carbons (Fsp3) is 0.615. The van der Waals surface area contributed by atoms with Crippen LogP contribution in [0.15, 0.2) is 48.1 Å². The first-order valence-electron chi connectivity index (χ1n) is 11.9. The first kappa shape index (κ1) is 26.7. The van der Waals surface area contributed by atoms with Crippen LogP contribution < -0.4 is 16.4 Å². The lowest BCUT2D eigenvalue weighted by Gasteiger charge is -2.40. The van der Waals surface area contributed by atoms with Gasteiger partial charge in [-0.15, -0.1) is 11.6 Å². The van der Waals surface area contributed by atoms with Crippen molar-refractivity contribution in [1.29, 1.82) is 0 Å². The van der Waals surface area contributed by atoms with Gasteiger partial charge in [0.2, 0.25) is 0 Å². The third kappa shape index (κ3) is 6.61. The van der Waals surface area contributed by atoms with Gasteiger partial charge >= 0.3 is 0 Å². The number of hydrogen-bond acceptors (Lipinski definition) is 5. The van der Waals surface area contributed by atoms with E-state index in [2.05, 4.69) is 49.6 Å². The summed E-state index contributed by atoms with van der Waals surface area (Å²) in [5, 5.41) is 26.8. The van der Waals surface area contributed by atoms with Crippen LogP contribution in [0.5, 0.6) is 0 Å². The van der Waals surface area contributed by atoms with Crippen molar-refractivity contribution in [3.05, 3.63) is 58.7 Å². The maximum atomic E-state index is 9.69. The van der Waals surface area contributed by atoms with Gasteiger partial charge < -0.3 is 26.6 Å². The van der Waals surface area contributed by atoms with Crippen LogP contribution in [-0.2, 0) is 5.54 Å². The summed E-state index contributed by atoms with van der Waals surface area (Å²) in [6, 6.07) is 8.03. The first-order chi connectivity index (χ1) is 15.5. The normalized spacial score (nSPS) is 31.0. The van der Waals surface area contributed by atoms with E-state index in [-0.39, 0.29) is 35.4 Å². The highest BCUT2D eigenvalue weighted by atomic mass is 35.5. The number of alkyl halides is 1. The van der Waals surface area contributed by atoms with E-state index in [1.165, 1.54) is 0 Å². The molecule has 0 bridgehead atoms. The lowest BCUT2D eigenvalue weighted by Crippen LogP contribution is -2.53. The second-order valence-electron chi connectivity index (χ2n) is 10.7. The minimum atomic E-state index is -0.706. The second-order valence-corrected chi connectivity index (χ2v) is 11.7. The van der Waals surface area contributed by atoms with Gasteiger partial charge in [-0.05, 0) is 54.5 Å². The van der Waals surface area contributed by atoms with E-state index in [0.29, 0.717) is 24.5 Å². The molecule has 3 rings (SSSR count). The summed E-state index contributed by atoms with van der Waals surface area (Å²) in [5.41, 5.74) is 9.09. The number of hydrogen-bond donors (Lipinski definition) is 5. The average molecular weight is 497 g/mol. The first-order valence-corrected chi connectivity index (χ1v) is 12.7. The Morgan fingerprint density at radius 3 is 2.58 bits per heavy atom. The minimum Gasteiger partial charge on any atom is -0.394 e. The summed E-state index contributed by atoms with van der Waals surface area (Å²) >= 11 is 12.8.